The highest BCUT2D eigenvalue weighted by atomic mass is 127. The minimum absolute atomic E-state index is 0.301. The van der Waals surface area contributed by atoms with E-state index >= 15 is 0 Å². The Labute approximate surface area is 125 Å². The predicted molar refractivity (Wildman–Crippen MR) is 84.3 cm³/mol. The van der Waals surface area contributed by atoms with Crippen LogP contribution >= 0.6 is 34.2 Å². The summed E-state index contributed by atoms with van der Waals surface area (Å²) in [5.74, 6) is 0.301. The third kappa shape index (κ3) is 3.29. The van der Waals surface area contributed by atoms with Gasteiger partial charge in [0.2, 0.25) is 0 Å². The minimum Gasteiger partial charge on any atom is -0.508 e. The van der Waals surface area contributed by atoms with Crippen LogP contribution in [0.4, 0.5) is 5.69 Å². The van der Waals surface area contributed by atoms with E-state index in [2.05, 4.69) is 27.9 Å². The first kappa shape index (κ1) is 13.5. The SMILES string of the molecule is Cc1ccc(O)c(CNc2ccc(I)cc2Cl)c1. The highest BCUT2D eigenvalue weighted by Gasteiger charge is 2.04. The fourth-order valence-corrected chi connectivity index (χ4v) is 2.60. The summed E-state index contributed by atoms with van der Waals surface area (Å²) in [6, 6.07) is 11.4. The number of phenols is 1. The van der Waals surface area contributed by atoms with Crippen LogP contribution in [0.1, 0.15) is 11.1 Å². The first-order chi connectivity index (χ1) is 8.56. The number of hydrogen-bond donors (Lipinski definition) is 2. The molecule has 0 aliphatic rings. The lowest BCUT2D eigenvalue weighted by Gasteiger charge is -2.10. The van der Waals surface area contributed by atoms with E-state index in [0.29, 0.717) is 17.3 Å². The summed E-state index contributed by atoms with van der Waals surface area (Å²) in [4.78, 5) is 0. The molecule has 0 amide bonds. The summed E-state index contributed by atoms with van der Waals surface area (Å²) in [5, 5.41) is 13.7. The second-order valence-electron chi connectivity index (χ2n) is 4.11. The molecule has 2 aromatic carbocycles. The zero-order valence-electron chi connectivity index (χ0n) is 9.87. The zero-order chi connectivity index (χ0) is 13.1. The Kier molecular flexibility index (Phi) is 4.35. The molecule has 2 nitrogen and oxygen atoms in total. The van der Waals surface area contributed by atoms with E-state index in [0.717, 1.165) is 20.4 Å². The van der Waals surface area contributed by atoms with Gasteiger partial charge in [-0.2, -0.15) is 0 Å². The van der Waals surface area contributed by atoms with Gasteiger partial charge >= 0.3 is 0 Å². The summed E-state index contributed by atoms with van der Waals surface area (Å²) in [6.07, 6.45) is 0. The lowest BCUT2D eigenvalue weighted by atomic mass is 10.1. The van der Waals surface area contributed by atoms with Gasteiger partial charge in [-0.25, -0.2) is 0 Å². The summed E-state index contributed by atoms with van der Waals surface area (Å²) in [7, 11) is 0. The average Bonchev–Trinajstić information content (AvgIpc) is 2.32. The van der Waals surface area contributed by atoms with Gasteiger partial charge in [-0.05, 0) is 53.8 Å². The highest BCUT2D eigenvalue weighted by molar-refractivity contribution is 14.1. The Hall–Kier alpha value is -0.940. The summed E-state index contributed by atoms with van der Waals surface area (Å²) < 4.78 is 1.10. The largest absolute Gasteiger partial charge is 0.508 e. The van der Waals surface area contributed by atoms with Gasteiger partial charge < -0.3 is 10.4 Å². The summed E-state index contributed by atoms with van der Waals surface area (Å²) >= 11 is 8.36. The first-order valence-corrected chi connectivity index (χ1v) is 6.99. The van der Waals surface area contributed by atoms with Crippen molar-refractivity contribution in [3.8, 4) is 5.75 Å². The Morgan fingerprint density at radius 2 is 2.00 bits per heavy atom. The molecular weight excluding hydrogens is 361 g/mol. The highest BCUT2D eigenvalue weighted by Crippen LogP contribution is 2.26. The average molecular weight is 374 g/mol. The molecule has 0 aromatic heterocycles. The monoisotopic (exact) mass is 373 g/mol. The van der Waals surface area contributed by atoms with Crippen molar-refractivity contribution < 1.29 is 5.11 Å². The number of aromatic hydroxyl groups is 1. The number of rotatable bonds is 3. The molecule has 0 spiro atoms. The van der Waals surface area contributed by atoms with Gasteiger partial charge in [-0.3, -0.25) is 0 Å². The Morgan fingerprint density at radius 1 is 1.22 bits per heavy atom. The number of nitrogens with one attached hydrogen (secondary N) is 1. The van der Waals surface area contributed by atoms with Crippen LogP contribution < -0.4 is 5.32 Å². The maximum Gasteiger partial charge on any atom is 0.120 e. The molecular formula is C14H13ClINO. The fourth-order valence-electron chi connectivity index (χ4n) is 1.68. The Balaban J connectivity index is 2.13. The van der Waals surface area contributed by atoms with Gasteiger partial charge in [-0.1, -0.05) is 29.3 Å². The molecule has 0 atom stereocenters. The molecule has 2 rings (SSSR count). The molecule has 0 heterocycles. The van der Waals surface area contributed by atoms with Gasteiger partial charge in [0, 0.05) is 15.7 Å². The minimum atomic E-state index is 0.301. The number of hydrogen-bond acceptors (Lipinski definition) is 2. The van der Waals surface area contributed by atoms with Gasteiger partial charge in [0.1, 0.15) is 5.75 Å². The van der Waals surface area contributed by atoms with Crippen LogP contribution in [0.2, 0.25) is 5.02 Å². The molecule has 4 heteroatoms. The summed E-state index contributed by atoms with van der Waals surface area (Å²) in [6.45, 7) is 2.55. The first-order valence-electron chi connectivity index (χ1n) is 5.53. The van der Waals surface area contributed by atoms with Crippen LogP contribution in [-0.2, 0) is 6.54 Å². The van der Waals surface area contributed by atoms with Gasteiger partial charge in [0.05, 0.1) is 10.7 Å². The van der Waals surface area contributed by atoms with Crippen LogP contribution in [0.5, 0.6) is 5.75 Å². The molecule has 18 heavy (non-hydrogen) atoms. The number of aryl methyl sites for hydroxylation is 1. The lowest BCUT2D eigenvalue weighted by Crippen LogP contribution is -2.00. The molecule has 0 aliphatic heterocycles. The van der Waals surface area contributed by atoms with Crippen molar-refractivity contribution in [1.82, 2.24) is 0 Å². The van der Waals surface area contributed by atoms with Crippen molar-refractivity contribution in [2.75, 3.05) is 5.32 Å². The van der Waals surface area contributed by atoms with Crippen molar-refractivity contribution in [3.63, 3.8) is 0 Å². The number of halogens is 2. The van der Waals surface area contributed by atoms with Gasteiger partial charge in [0.15, 0.2) is 0 Å². The van der Waals surface area contributed by atoms with E-state index in [1.165, 1.54) is 0 Å². The smallest absolute Gasteiger partial charge is 0.120 e. The van der Waals surface area contributed by atoms with Crippen LogP contribution in [0.15, 0.2) is 36.4 Å². The molecule has 0 aliphatic carbocycles. The zero-order valence-corrected chi connectivity index (χ0v) is 12.8. The normalized spacial score (nSPS) is 10.4. The maximum absolute atomic E-state index is 9.75. The van der Waals surface area contributed by atoms with Gasteiger partial charge in [-0.15, -0.1) is 0 Å². The van der Waals surface area contributed by atoms with E-state index in [-0.39, 0.29) is 0 Å². The number of benzene rings is 2. The van der Waals surface area contributed by atoms with Crippen molar-refractivity contribution in [2.45, 2.75) is 13.5 Å². The molecule has 0 fully saturated rings. The predicted octanol–water partition coefficient (Wildman–Crippen LogP) is 4.57. The van der Waals surface area contributed by atoms with E-state index in [4.69, 9.17) is 11.6 Å². The molecule has 0 unspecified atom stereocenters. The van der Waals surface area contributed by atoms with Crippen molar-refractivity contribution >= 4 is 39.9 Å². The van der Waals surface area contributed by atoms with Crippen LogP contribution in [0, 0.1) is 10.5 Å². The molecule has 0 saturated heterocycles. The van der Waals surface area contributed by atoms with Crippen molar-refractivity contribution in [3.05, 3.63) is 56.1 Å². The third-order valence-corrected chi connectivity index (χ3v) is 3.62. The fraction of sp³-hybridized carbons (Fsp3) is 0.143. The van der Waals surface area contributed by atoms with E-state index in [1.807, 2.05) is 37.3 Å². The molecule has 94 valence electrons. The van der Waals surface area contributed by atoms with Crippen molar-refractivity contribution in [1.29, 1.82) is 0 Å². The van der Waals surface area contributed by atoms with E-state index in [1.54, 1.807) is 6.07 Å². The topological polar surface area (TPSA) is 32.3 Å². The Bertz CT molecular complexity index is 572. The molecule has 0 radical (unpaired) electrons. The maximum atomic E-state index is 9.75. The van der Waals surface area contributed by atoms with Gasteiger partial charge in [0.25, 0.3) is 0 Å². The molecule has 2 aromatic rings. The van der Waals surface area contributed by atoms with Crippen LogP contribution in [-0.4, -0.2) is 5.11 Å². The van der Waals surface area contributed by atoms with Crippen LogP contribution in [0.25, 0.3) is 0 Å². The third-order valence-electron chi connectivity index (χ3n) is 2.64. The molecule has 0 saturated carbocycles. The second kappa shape index (κ2) is 5.80. The quantitative estimate of drug-likeness (QED) is 0.773. The molecule has 0 bridgehead atoms. The van der Waals surface area contributed by atoms with Crippen molar-refractivity contribution in [2.24, 2.45) is 0 Å². The Morgan fingerprint density at radius 3 is 2.72 bits per heavy atom. The van der Waals surface area contributed by atoms with E-state index < -0.39 is 0 Å². The molecule has 2 N–H and O–H groups in total. The van der Waals surface area contributed by atoms with E-state index in [9.17, 15) is 5.11 Å². The number of anilines is 1. The number of phenolic OH excluding ortho intramolecular Hbond substituents is 1. The second-order valence-corrected chi connectivity index (χ2v) is 5.76. The standard InChI is InChI=1S/C14H13ClINO/c1-9-2-5-14(18)10(6-9)8-17-13-4-3-11(16)7-12(13)15/h2-7,17-18H,8H2,1H3. The van der Waals surface area contributed by atoms with Crippen LogP contribution in [0.3, 0.4) is 0 Å². The lowest BCUT2D eigenvalue weighted by molar-refractivity contribution is 0.469. The summed E-state index contributed by atoms with van der Waals surface area (Å²) in [5.41, 5.74) is 2.86.